The number of nitrogens with two attached hydrogens (primary N) is 2. The highest BCUT2D eigenvalue weighted by molar-refractivity contribution is 5.83. The van der Waals surface area contributed by atoms with Crippen molar-refractivity contribution in [3.8, 4) is 0 Å². The van der Waals surface area contributed by atoms with E-state index >= 15 is 0 Å². The van der Waals surface area contributed by atoms with Crippen molar-refractivity contribution in [3.63, 3.8) is 0 Å². The molecule has 1 fully saturated rings. The average Bonchev–Trinajstić information content (AvgIpc) is 2.90. The van der Waals surface area contributed by atoms with E-state index < -0.39 is 31.1 Å². The van der Waals surface area contributed by atoms with Crippen molar-refractivity contribution in [2.24, 2.45) is 0 Å². The van der Waals surface area contributed by atoms with E-state index in [0.29, 0.717) is 0 Å². The van der Waals surface area contributed by atoms with E-state index in [0.717, 1.165) is 0 Å². The van der Waals surface area contributed by atoms with Crippen LogP contribution in [0.15, 0.2) is 6.33 Å². The van der Waals surface area contributed by atoms with E-state index in [1.807, 2.05) is 0 Å². The molecule has 0 bridgehead atoms. The summed E-state index contributed by atoms with van der Waals surface area (Å²) < 4.78 is 6.72. The van der Waals surface area contributed by atoms with Crippen molar-refractivity contribution < 1.29 is 20.1 Å². The van der Waals surface area contributed by atoms with Crippen LogP contribution in [0.1, 0.15) is 6.23 Å². The van der Waals surface area contributed by atoms with Gasteiger partial charge in [0, 0.05) is 0 Å². The molecule has 0 radical (unpaired) electrons. The van der Waals surface area contributed by atoms with Gasteiger partial charge in [-0.2, -0.15) is 0 Å². The first-order valence-electron chi connectivity index (χ1n) is 5.91. The molecule has 20 heavy (non-hydrogen) atoms. The number of fused-ring (bicyclic) bond motifs is 1. The molecular weight excluding hydrogens is 268 g/mol. The Morgan fingerprint density at radius 2 is 2.00 bits per heavy atom. The molecule has 0 amide bonds. The number of aliphatic hydroxyl groups is 3. The summed E-state index contributed by atoms with van der Waals surface area (Å²) in [4.78, 5) is 11.8. The molecule has 0 saturated carbocycles. The minimum absolute atomic E-state index is 0.0158. The molecule has 3 heterocycles. The zero-order chi connectivity index (χ0) is 14.4. The first-order chi connectivity index (χ1) is 9.54. The standard InChI is InChI=1S/C10H14N6O4/c11-7-4-8(14-2-13-7)16(10(12)15-4)9-6(19)5(18)3(1-17)20-9/h2-3,5-6,9,17-19H,1H2,(H2,12,15)(H2,11,13,14)/t3-,5-,6+,9-/m1/s1. The van der Waals surface area contributed by atoms with Gasteiger partial charge in [-0.25, -0.2) is 15.0 Å². The van der Waals surface area contributed by atoms with Crippen LogP contribution in [-0.4, -0.2) is 59.8 Å². The topological polar surface area (TPSA) is 166 Å². The van der Waals surface area contributed by atoms with E-state index in [1.54, 1.807) is 0 Å². The van der Waals surface area contributed by atoms with Gasteiger partial charge in [0.15, 0.2) is 23.2 Å². The van der Waals surface area contributed by atoms with E-state index in [-0.39, 0.29) is 22.9 Å². The summed E-state index contributed by atoms with van der Waals surface area (Å²) >= 11 is 0. The number of hydrogen-bond acceptors (Lipinski definition) is 9. The maximum Gasteiger partial charge on any atom is 0.204 e. The smallest absolute Gasteiger partial charge is 0.204 e. The van der Waals surface area contributed by atoms with Crippen LogP contribution in [0.4, 0.5) is 11.8 Å². The molecule has 1 aliphatic rings. The van der Waals surface area contributed by atoms with Crippen LogP contribution in [0.25, 0.3) is 11.2 Å². The first kappa shape index (κ1) is 13.0. The molecule has 10 heteroatoms. The molecule has 3 rings (SSSR count). The lowest BCUT2D eigenvalue weighted by Crippen LogP contribution is -2.33. The molecule has 108 valence electrons. The van der Waals surface area contributed by atoms with Crippen molar-refractivity contribution in [2.75, 3.05) is 18.1 Å². The number of nitrogen functional groups attached to an aromatic ring is 2. The molecule has 7 N–H and O–H groups in total. The fourth-order valence-electron chi connectivity index (χ4n) is 2.29. The summed E-state index contributed by atoms with van der Waals surface area (Å²) in [5, 5.41) is 28.9. The Balaban J connectivity index is 2.11. The minimum atomic E-state index is -1.27. The van der Waals surface area contributed by atoms with Gasteiger partial charge >= 0.3 is 0 Å². The van der Waals surface area contributed by atoms with Gasteiger partial charge in [0.2, 0.25) is 5.95 Å². The zero-order valence-electron chi connectivity index (χ0n) is 10.3. The number of aromatic nitrogens is 4. The Morgan fingerprint density at radius 3 is 2.65 bits per heavy atom. The van der Waals surface area contributed by atoms with E-state index in [2.05, 4.69) is 15.0 Å². The van der Waals surface area contributed by atoms with Gasteiger partial charge < -0.3 is 31.5 Å². The van der Waals surface area contributed by atoms with E-state index in [1.165, 1.54) is 10.9 Å². The quantitative estimate of drug-likeness (QED) is 0.403. The number of imidazole rings is 1. The number of anilines is 2. The Kier molecular flexibility index (Phi) is 2.94. The molecule has 4 atom stereocenters. The third-order valence-electron chi connectivity index (χ3n) is 3.30. The van der Waals surface area contributed by atoms with Crippen molar-refractivity contribution in [2.45, 2.75) is 24.5 Å². The molecule has 0 spiro atoms. The monoisotopic (exact) mass is 282 g/mol. The van der Waals surface area contributed by atoms with Crippen LogP contribution in [0.5, 0.6) is 0 Å². The van der Waals surface area contributed by atoms with Crippen molar-refractivity contribution in [3.05, 3.63) is 6.33 Å². The zero-order valence-corrected chi connectivity index (χ0v) is 10.3. The normalized spacial score (nSPS) is 30.1. The second kappa shape index (κ2) is 4.52. The maximum absolute atomic E-state index is 10.0. The molecule has 10 nitrogen and oxygen atoms in total. The maximum atomic E-state index is 10.0. The Hall–Kier alpha value is -2.01. The molecule has 1 aliphatic heterocycles. The lowest BCUT2D eigenvalue weighted by atomic mass is 10.1. The Bertz CT molecular complexity index is 646. The highest BCUT2D eigenvalue weighted by atomic mass is 16.6. The SMILES string of the molecule is Nc1ncnc2c1nc(N)n2[C@@H]1O[C@H](CO)[C@@H](O)[C@@H]1O. The summed E-state index contributed by atoms with van der Waals surface area (Å²) in [5.41, 5.74) is 12.0. The van der Waals surface area contributed by atoms with Crippen LogP contribution < -0.4 is 11.5 Å². The van der Waals surface area contributed by atoms with Gasteiger partial charge in [-0.15, -0.1) is 0 Å². The van der Waals surface area contributed by atoms with Crippen LogP contribution in [0.2, 0.25) is 0 Å². The second-order valence-corrected chi connectivity index (χ2v) is 4.50. The molecular formula is C10H14N6O4. The Labute approximate surface area is 112 Å². The van der Waals surface area contributed by atoms with Gasteiger partial charge in [-0.1, -0.05) is 0 Å². The molecule has 1 saturated heterocycles. The lowest BCUT2D eigenvalue weighted by molar-refractivity contribution is -0.0500. The van der Waals surface area contributed by atoms with Gasteiger partial charge in [-0.3, -0.25) is 4.57 Å². The predicted molar refractivity (Wildman–Crippen MR) is 67.2 cm³/mol. The van der Waals surface area contributed by atoms with Gasteiger partial charge in [-0.05, 0) is 0 Å². The fourth-order valence-corrected chi connectivity index (χ4v) is 2.29. The van der Waals surface area contributed by atoms with Crippen LogP contribution in [0.3, 0.4) is 0 Å². The molecule has 0 aromatic carbocycles. The number of nitrogens with zero attached hydrogens (tertiary/aromatic N) is 4. The highest BCUT2D eigenvalue weighted by Gasteiger charge is 2.44. The van der Waals surface area contributed by atoms with Crippen molar-refractivity contribution in [1.29, 1.82) is 0 Å². The third-order valence-corrected chi connectivity index (χ3v) is 3.30. The number of rotatable bonds is 2. The number of ether oxygens (including phenoxy) is 1. The second-order valence-electron chi connectivity index (χ2n) is 4.50. The van der Waals surface area contributed by atoms with Gasteiger partial charge in [0.25, 0.3) is 0 Å². The lowest BCUT2D eigenvalue weighted by Gasteiger charge is -2.17. The summed E-state index contributed by atoms with van der Waals surface area (Å²) in [7, 11) is 0. The number of hydrogen-bond donors (Lipinski definition) is 5. The largest absolute Gasteiger partial charge is 0.394 e. The highest BCUT2D eigenvalue weighted by Crippen LogP contribution is 2.33. The van der Waals surface area contributed by atoms with Gasteiger partial charge in [0.1, 0.15) is 24.6 Å². The summed E-state index contributed by atoms with van der Waals surface area (Å²) in [6.07, 6.45) is -3.20. The Morgan fingerprint density at radius 1 is 1.25 bits per heavy atom. The van der Waals surface area contributed by atoms with Gasteiger partial charge in [0.05, 0.1) is 6.61 Å². The average molecular weight is 282 g/mol. The van der Waals surface area contributed by atoms with Crippen molar-refractivity contribution in [1.82, 2.24) is 19.5 Å². The number of aliphatic hydroxyl groups excluding tert-OH is 3. The van der Waals surface area contributed by atoms with E-state index in [9.17, 15) is 10.2 Å². The molecule has 0 aliphatic carbocycles. The molecule has 0 unspecified atom stereocenters. The van der Waals surface area contributed by atoms with Crippen LogP contribution in [0, 0.1) is 0 Å². The minimum Gasteiger partial charge on any atom is -0.394 e. The van der Waals surface area contributed by atoms with E-state index in [4.69, 9.17) is 21.3 Å². The van der Waals surface area contributed by atoms with Crippen LogP contribution >= 0.6 is 0 Å². The third kappa shape index (κ3) is 1.70. The molecule has 2 aromatic heterocycles. The predicted octanol–water partition coefficient (Wildman–Crippen LogP) is -2.40. The summed E-state index contributed by atoms with van der Waals surface area (Å²) in [6.45, 7) is -0.432. The fraction of sp³-hybridized carbons (Fsp3) is 0.500. The summed E-state index contributed by atoms with van der Waals surface area (Å²) in [6, 6.07) is 0. The van der Waals surface area contributed by atoms with Crippen LogP contribution in [-0.2, 0) is 4.74 Å². The summed E-state index contributed by atoms with van der Waals surface area (Å²) in [5.74, 6) is 0.161. The first-order valence-corrected chi connectivity index (χ1v) is 5.91. The van der Waals surface area contributed by atoms with Crippen molar-refractivity contribution >= 4 is 22.9 Å². The molecule has 2 aromatic rings.